The quantitative estimate of drug-likeness (QED) is 0.841. The molecule has 0 radical (unpaired) electrons. The smallest absolute Gasteiger partial charge is 0.327 e. The van der Waals surface area contributed by atoms with Gasteiger partial charge in [-0.15, -0.1) is 11.8 Å². The second-order valence-electron chi connectivity index (χ2n) is 4.73. The Labute approximate surface area is 119 Å². The molecule has 0 spiro atoms. The number of fused-ring (bicyclic) bond motifs is 1. The number of amides is 2. The summed E-state index contributed by atoms with van der Waals surface area (Å²) in [4.78, 5) is 36.2. The van der Waals surface area contributed by atoms with E-state index in [1.807, 2.05) is 0 Å². The summed E-state index contributed by atoms with van der Waals surface area (Å²) in [6.07, 6.45) is 0.258. The lowest BCUT2D eigenvalue weighted by Gasteiger charge is -2.20. The van der Waals surface area contributed by atoms with E-state index >= 15 is 0 Å². The molecule has 1 aromatic rings. The van der Waals surface area contributed by atoms with Crippen molar-refractivity contribution in [3.05, 3.63) is 29.3 Å². The normalized spacial score (nSPS) is 20.7. The van der Waals surface area contributed by atoms with Crippen LogP contribution in [0.1, 0.15) is 15.9 Å². The van der Waals surface area contributed by atoms with Crippen LogP contribution >= 0.6 is 11.8 Å². The zero-order valence-electron chi connectivity index (χ0n) is 10.5. The molecule has 0 aliphatic carbocycles. The van der Waals surface area contributed by atoms with Gasteiger partial charge in [0.1, 0.15) is 6.04 Å². The lowest BCUT2D eigenvalue weighted by atomic mass is 10.1. The van der Waals surface area contributed by atoms with Gasteiger partial charge in [-0.25, -0.2) is 4.79 Å². The molecule has 7 heteroatoms. The van der Waals surface area contributed by atoms with Crippen molar-refractivity contribution in [2.24, 2.45) is 0 Å². The molecule has 1 saturated heterocycles. The third-order valence-corrected chi connectivity index (χ3v) is 4.42. The second kappa shape index (κ2) is 4.82. The number of carbonyl (C=O) groups excluding carboxylic acids is 2. The largest absolute Gasteiger partial charge is 0.480 e. The van der Waals surface area contributed by atoms with Gasteiger partial charge in [0.25, 0.3) is 5.91 Å². The fraction of sp³-hybridized carbons (Fsp3) is 0.308. The number of carboxylic acids is 1. The zero-order valence-corrected chi connectivity index (χ0v) is 11.3. The number of nitrogens with one attached hydrogen (secondary N) is 1. The average Bonchev–Trinajstić information content (AvgIpc) is 3.01. The molecule has 2 aliphatic heterocycles. The molecule has 2 N–H and O–H groups in total. The van der Waals surface area contributed by atoms with E-state index in [0.717, 1.165) is 11.3 Å². The number of hydrogen-bond acceptors (Lipinski definition) is 4. The fourth-order valence-corrected chi connectivity index (χ4v) is 3.52. The third-order valence-electron chi connectivity index (χ3n) is 3.41. The number of thioether (sulfide) groups is 1. The summed E-state index contributed by atoms with van der Waals surface area (Å²) in [6, 6.07) is 4.19. The number of carbonyl (C=O) groups is 3. The Morgan fingerprint density at radius 2 is 2.20 bits per heavy atom. The predicted molar refractivity (Wildman–Crippen MR) is 73.7 cm³/mol. The Balaban J connectivity index is 1.86. The van der Waals surface area contributed by atoms with E-state index in [9.17, 15) is 14.4 Å². The molecule has 0 saturated carbocycles. The standard InChI is InChI=1S/C13H12N2O4S/c16-11-4-8-3-7(1-2-9(8)14-11)12(17)15-6-20-5-10(15)13(18)19/h1-3,10H,4-6H2,(H,14,16)(H,18,19)/t10-/m0/s1. The van der Waals surface area contributed by atoms with Gasteiger partial charge in [0.05, 0.1) is 12.3 Å². The lowest BCUT2D eigenvalue weighted by Crippen LogP contribution is -2.41. The van der Waals surface area contributed by atoms with E-state index in [4.69, 9.17) is 5.11 Å². The molecule has 3 rings (SSSR count). The van der Waals surface area contributed by atoms with Gasteiger partial charge < -0.3 is 15.3 Å². The average molecular weight is 292 g/mol. The molecule has 104 valence electrons. The van der Waals surface area contributed by atoms with Gasteiger partial charge in [0.15, 0.2) is 0 Å². The van der Waals surface area contributed by atoms with Gasteiger partial charge >= 0.3 is 5.97 Å². The molecule has 1 fully saturated rings. The van der Waals surface area contributed by atoms with Gasteiger partial charge in [-0.05, 0) is 23.8 Å². The van der Waals surface area contributed by atoms with E-state index in [1.165, 1.54) is 16.7 Å². The molecule has 0 aromatic heterocycles. The van der Waals surface area contributed by atoms with E-state index in [0.29, 0.717) is 17.2 Å². The highest BCUT2D eigenvalue weighted by molar-refractivity contribution is 7.99. The molecule has 20 heavy (non-hydrogen) atoms. The van der Waals surface area contributed by atoms with Crippen LogP contribution in [0.15, 0.2) is 18.2 Å². The zero-order chi connectivity index (χ0) is 14.3. The summed E-state index contributed by atoms with van der Waals surface area (Å²) in [5.41, 5.74) is 1.92. The summed E-state index contributed by atoms with van der Waals surface area (Å²) in [7, 11) is 0. The minimum absolute atomic E-state index is 0.0928. The van der Waals surface area contributed by atoms with Crippen molar-refractivity contribution in [1.29, 1.82) is 0 Å². The first-order valence-electron chi connectivity index (χ1n) is 6.10. The predicted octanol–water partition coefficient (Wildman–Crippen LogP) is 0.781. The Kier molecular flexibility index (Phi) is 3.13. The molecular weight excluding hydrogens is 280 g/mol. The van der Waals surface area contributed by atoms with E-state index in [-0.39, 0.29) is 18.2 Å². The van der Waals surface area contributed by atoms with Crippen molar-refractivity contribution in [2.75, 3.05) is 16.9 Å². The van der Waals surface area contributed by atoms with Crippen LogP contribution in [0.5, 0.6) is 0 Å². The maximum Gasteiger partial charge on any atom is 0.327 e. The second-order valence-corrected chi connectivity index (χ2v) is 5.73. The number of benzene rings is 1. The van der Waals surface area contributed by atoms with Gasteiger partial charge in [-0.1, -0.05) is 0 Å². The molecule has 0 unspecified atom stereocenters. The van der Waals surface area contributed by atoms with Crippen molar-refractivity contribution in [1.82, 2.24) is 4.90 Å². The minimum atomic E-state index is -0.985. The maximum atomic E-state index is 12.4. The summed E-state index contributed by atoms with van der Waals surface area (Å²) in [6.45, 7) is 0. The molecule has 0 bridgehead atoms. The lowest BCUT2D eigenvalue weighted by molar-refractivity contribution is -0.140. The molecule has 1 atom stereocenters. The molecular formula is C13H12N2O4S. The van der Waals surface area contributed by atoms with Crippen LogP contribution in [0.3, 0.4) is 0 Å². The van der Waals surface area contributed by atoms with Crippen LogP contribution in [0.4, 0.5) is 5.69 Å². The van der Waals surface area contributed by atoms with Crippen molar-refractivity contribution >= 4 is 35.2 Å². The Morgan fingerprint density at radius 3 is 2.95 bits per heavy atom. The highest BCUT2D eigenvalue weighted by atomic mass is 32.2. The monoisotopic (exact) mass is 292 g/mol. The summed E-state index contributed by atoms with van der Waals surface area (Å²) in [5.74, 6) is -0.591. The molecule has 2 heterocycles. The first-order chi connectivity index (χ1) is 9.56. The Hall–Kier alpha value is -2.02. The van der Waals surface area contributed by atoms with Crippen molar-refractivity contribution in [3.8, 4) is 0 Å². The number of carboxylic acid groups (broad SMARTS) is 1. The molecule has 2 amide bonds. The number of rotatable bonds is 2. The molecule has 6 nitrogen and oxygen atoms in total. The first-order valence-corrected chi connectivity index (χ1v) is 7.26. The van der Waals surface area contributed by atoms with Crippen molar-refractivity contribution in [3.63, 3.8) is 0 Å². The minimum Gasteiger partial charge on any atom is -0.480 e. The third kappa shape index (κ3) is 2.14. The number of aliphatic carboxylic acids is 1. The highest BCUT2D eigenvalue weighted by Gasteiger charge is 2.35. The summed E-state index contributed by atoms with van der Waals surface area (Å²) < 4.78 is 0. The fourth-order valence-electron chi connectivity index (χ4n) is 2.38. The summed E-state index contributed by atoms with van der Waals surface area (Å²) in [5, 5.41) is 11.8. The van der Waals surface area contributed by atoms with Crippen LogP contribution < -0.4 is 5.32 Å². The van der Waals surface area contributed by atoms with Gasteiger partial charge in [-0.3, -0.25) is 9.59 Å². The Bertz CT molecular complexity index is 616. The Morgan fingerprint density at radius 1 is 1.40 bits per heavy atom. The SMILES string of the molecule is O=C1Cc2cc(C(=O)N3CSC[C@H]3C(=O)O)ccc2N1. The van der Waals surface area contributed by atoms with Gasteiger partial charge in [-0.2, -0.15) is 0 Å². The van der Waals surface area contributed by atoms with Crippen LogP contribution in [-0.2, 0) is 16.0 Å². The van der Waals surface area contributed by atoms with Gasteiger partial charge in [0, 0.05) is 17.0 Å². The van der Waals surface area contributed by atoms with Crippen LogP contribution in [0.25, 0.3) is 0 Å². The number of nitrogens with zero attached hydrogens (tertiary/aromatic N) is 1. The van der Waals surface area contributed by atoms with E-state index in [1.54, 1.807) is 18.2 Å². The van der Waals surface area contributed by atoms with Crippen molar-refractivity contribution in [2.45, 2.75) is 12.5 Å². The number of hydrogen-bond donors (Lipinski definition) is 2. The van der Waals surface area contributed by atoms with Crippen molar-refractivity contribution < 1.29 is 19.5 Å². The van der Waals surface area contributed by atoms with Crippen LogP contribution in [0.2, 0.25) is 0 Å². The van der Waals surface area contributed by atoms with E-state index < -0.39 is 12.0 Å². The van der Waals surface area contributed by atoms with Crippen LogP contribution in [-0.4, -0.2) is 45.5 Å². The number of anilines is 1. The molecule has 1 aromatic carbocycles. The highest BCUT2D eigenvalue weighted by Crippen LogP contribution is 2.27. The molecule has 2 aliphatic rings. The first kappa shape index (κ1) is 13.0. The van der Waals surface area contributed by atoms with E-state index in [2.05, 4.69) is 5.32 Å². The van der Waals surface area contributed by atoms with Gasteiger partial charge in [0.2, 0.25) is 5.91 Å². The van der Waals surface area contributed by atoms with Crippen LogP contribution in [0, 0.1) is 0 Å². The topological polar surface area (TPSA) is 86.7 Å². The maximum absolute atomic E-state index is 12.4. The summed E-state index contributed by atoms with van der Waals surface area (Å²) >= 11 is 1.43.